The van der Waals surface area contributed by atoms with E-state index < -0.39 is 0 Å². The highest BCUT2D eigenvalue weighted by Crippen LogP contribution is 2.14. The zero-order valence-electron chi connectivity index (χ0n) is 8.00. The summed E-state index contributed by atoms with van der Waals surface area (Å²) in [4.78, 5) is 16.2. The van der Waals surface area contributed by atoms with Crippen molar-refractivity contribution < 1.29 is 0 Å². The van der Waals surface area contributed by atoms with Crippen LogP contribution in [0.1, 0.15) is 24.1 Å². The highest BCUT2D eigenvalue weighted by Gasteiger charge is 2.14. The highest BCUT2D eigenvalue weighted by atomic mass is 79.9. The maximum Gasteiger partial charge on any atom is 0.256 e. The van der Waals surface area contributed by atoms with Gasteiger partial charge in [-0.3, -0.25) is 9.36 Å². The van der Waals surface area contributed by atoms with Gasteiger partial charge in [-0.2, -0.15) is 0 Å². The van der Waals surface area contributed by atoms with Gasteiger partial charge in [-0.25, -0.2) is 4.98 Å². The smallest absolute Gasteiger partial charge is 0.256 e. The van der Waals surface area contributed by atoms with E-state index >= 15 is 0 Å². The van der Waals surface area contributed by atoms with Crippen LogP contribution in [0.5, 0.6) is 0 Å². The van der Waals surface area contributed by atoms with Crippen LogP contribution in [0.15, 0.2) is 11.1 Å². The zero-order chi connectivity index (χ0) is 9.97. The Kier molecular flexibility index (Phi) is 3.01. The van der Waals surface area contributed by atoms with Crippen molar-refractivity contribution in [1.29, 1.82) is 0 Å². The molecule has 0 fully saturated rings. The molecule has 1 aliphatic carbocycles. The molecule has 0 aliphatic heterocycles. The maximum atomic E-state index is 11.9. The first-order valence-electron chi connectivity index (χ1n) is 4.96. The standard InChI is InChI=1S/C10H13BrN2O/c11-5-6-13-7-12-9-4-2-1-3-8(9)10(13)14/h7H,1-6H2. The first-order valence-corrected chi connectivity index (χ1v) is 6.08. The SMILES string of the molecule is O=c1c2c(ncn1CCBr)CCCC2. The molecule has 0 aromatic carbocycles. The molecule has 76 valence electrons. The van der Waals surface area contributed by atoms with Gasteiger partial charge in [0.1, 0.15) is 0 Å². The fourth-order valence-electron chi connectivity index (χ4n) is 1.88. The van der Waals surface area contributed by atoms with E-state index in [-0.39, 0.29) is 5.56 Å². The molecule has 0 saturated heterocycles. The topological polar surface area (TPSA) is 34.9 Å². The van der Waals surface area contributed by atoms with Crippen molar-refractivity contribution in [3.8, 4) is 0 Å². The molecule has 0 bridgehead atoms. The molecule has 0 atom stereocenters. The summed E-state index contributed by atoms with van der Waals surface area (Å²) in [6.45, 7) is 0.707. The first-order chi connectivity index (χ1) is 6.83. The molecule has 0 unspecified atom stereocenters. The average Bonchev–Trinajstić information content (AvgIpc) is 2.23. The van der Waals surface area contributed by atoms with Crippen LogP contribution in [0.3, 0.4) is 0 Å². The fourth-order valence-corrected chi connectivity index (χ4v) is 2.26. The summed E-state index contributed by atoms with van der Waals surface area (Å²) in [5, 5.41) is 0.799. The van der Waals surface area contributed by atoms with Crippen LogP contribution in [-0.4, -0.2) is 14.9 Å². The fraction of sp³-hybridized carbons (Fsp3) is 0.600. The van der Waals surface area contributed by atoms with Crippen molar-refractivity contribution in [2.75, 3.05) is 5.33 Å². The Bertz CT molecular complexity index is 386. The second-order valence-electron chi connectivity index (χ2n) is 3.56. The van der Waals surface area contributed by atoms with Crippen molar-refractivity contribution in [1.82, 2.24) is 9.55 Å². The third-order valence-corrected chi connectivity index (χ3v) is 2.99. The molecule has 2 rings (SSSR count). The number of halogens is 1. The minimum atomic E-state index is 0.161. The number of alkyl halides is 1. The largest absolute Gasteiger partial charge is 0.298 e. The number of rotatable bonds is 2. The molecule has 1 aliphatic rings. The minimum Gasteiger partial charge on any atom is -0.298 e. The third kappa shape index (κ3) is 1.75. The molecule has 1 aromatic rings. The van der Waals surface area contributed by atoms with E-state index in [0.29, 0.717) is 6.54 Å². The van der Waals surface area contributed by atoms with Crippen LogP contribution in [0, 0.1) is 0 Å². The van der Waals surface area contributed by atoms with Gasteiger partial charge in [-0.15, -0.1) is 0 Å². The molecule has 0 saturated carbocycles. The van der Waals surface area contributed by atoms with Crippen molar-refractivity contribution in [2.45, 2.75) is 32.2 Å². The van der Waals surface area contributed by atoms with Crippen LogP contribution in [0.2, 0.25) is 0 Å². The molecular weight excluding hydrogens is 244 g/mol. The highest BCUT2D eigenvalue weighted by molar-refractivity contribution is 9.09. The van der Waals surface area contributed by atoms with E-state index in [1.807, 2.05) is 0 Å². The number of aryl methyl sites for hydroxylation is 2. The van der Waals surface area contributed by atoms with Crippen LogP contribution in [-0.2, 0) is 19.4 Å². The van der Waals surface area contributed by atoms with E-state index in [4.69, 9.17) is 0 Å². The Morgan fingerprint density at radius 3 is 3.00 bits per heavy atom. The van der Waals surface area contributed by atoms with E-state index in [2.05, 4.69) is 20.9 Å². The second kappa shape index (κ2) is 4.26. The monoisotopic (exact) mass is 256 g/mol. The Morgan fingerprint density at radius 1 is 1.43 bits per heavy atom. The lowest BCUT2D eigenvalue weighted by Gasteiger charge is -2.15. The van der Waals surface area contributed by atoms with Crippen LogP contribution in [0.4, 0.5) is 0 Å². The summed E-state index contributed by atoms with van der Waals surface area (Å²) in [6, 6.07) is 0. The van der Waals surface area contributed by atoms with Gasteiger partial charge in [0.2, 0.25) is 0 Å². The number of hydrogen-bond acceptors (Lipinski definition) is 2. The molecule has 0 spiro atoms. The Balaban J connectivity index is 2.44. The summed E-state index contributed by atoms with van der Waals surface area (Å²) in [5.41, 5.74) is 2.13. The third-order valence-electron chi connectivity index (χ3n) is 2.64. The Morgan fingerprint density at radius 2 is 2.21 bits per heavy atom. The summed E-state index contributed by atoms with van der Waals surface area (Å²) in [5.74, 6) is 0. The quantitative estimate of drug-likeness (QED) is 0.753. The summed E-state index contributed by atoms with van der Waals surface area (Å²) in [6.07, 6.45) is 5.85. The average molecular weight is 257 g/mol. The zero-order valence-corrected chi connectivity index (χ0v) is 9.59. The summed E-state index contributed by atoms with van der Waals surface area (Å²) in [7, 11) is 0. The predicted octanol–water partition coefficient (Wildman–Crippen LogP) is 1.52. The minimum absolute atomic E-state index is 0.161. The van der Waals surface area contributed by atoms with Crippen molar-refractivity contribution in [2.24, 2.45) is 0 Å². The summed E-state index contributed by atoms with van der Waals surface area (Å²) >= 11 is 3.33. The lowest BCUT2D eigenvalue weighted by molar-refractivity contribution is 0.618. The van der Waals surface area contributed by atoms with Crippen LogP contribution in [0.25, 0.3) is 0 Å². The van der Waals surface area contributed by atoms with Gasteiger partial charge >= 0.3 is 0 Å². The lowest BCUT2D eigenvalue weighted by atomic mass is 9.97. The van der Waals surface area contributed by atoms with Gasteiger partial charge in [0.05, 0.1) is 12.0 Å². The molecule has 14 heavy (non-hydrogen) atoms. The molecular formula is C10H13BrN2O. The van der Waals surface area contributed by atoms with Crippen LogP contribution >= 0.6 is 15.9 Å². The van der Waals surface area contributed by atoms with Gasteiger partial charge in [0.15, 0.2) is 0 Å². The number of hydrogen-bond donors (Lipinski definition) is 0. The van der Waals surface area contributed by atoms with E-state index in [1.54, 1.807) is 10.9 Å². The van der Waals surface area contributed by atoms with Gasteiger partial charge in [-0.1, -0.05) is 15.9 Å². The summed E-state index contributed by atoms with van der Waals surface area (Å²) < 4.78 is 1.69. The first kappa shape index (κ1) is 9.90. The lowest BCUT2D eigenvalue weighted by Crippen LogP contribution is -2.28. The number of fused-ring (bicyclic) bond motifs is 1. The number of nitrogens with zero attached hydrogens (tertiary/aromatic N) is 2. The molecule has 4 heteroatoms. The van der Waals surface area contributed by atoms with E-state index in [9.17, 15) is 4.79 Å². The molecule has 3 nitrogen and oxygen atoms in total. The second-order valence-corrected chi connectivity index (χ2v) is 4.36. The van der Waals surface area contributed by atoms with Gasteiger partial charge < -0.3 is 0 Å². The normalized spacial score (nSPS) is 15.2. The van der Waals surface area contributed by atoms with Gasteiger partial charge in [0.25, 0.3) is 5.56 Å². The predicted molar refractivity (Wildman–Crippen MR) is 58.9 cm³/mol. The van der Waals surface area contributed by atoms with Crippen molar-refractivity contribution in [3.63, 3.8) is 0 Å². The maximum absolute atomic E-state index is 11.9. The Labute approximate surface area is 91.3 Å². The van der Waals surface area contributed by atoms with Crippen molar-refractivity contribution >= 4 is 15.9 Å². The Hall–Kier alpha value is -0.640. The molecule has 0 amide bonds. The molecule has 0 N–H and O–H groups in total. The van der Waals surface area contributed by atoms with Crippen molar-refractivity contribution in [3.05, 3.63) is 27.9 Å². The molecule has 1 aromatic heterocycles. The van der Waals surface area contributed by atoms with E-state index in [1.165, 1.54) is 6.42 Å². The molecule has 1 heterocycles. The molecule has 0 radical (unpaired) electrons. The van der Waals surface area contributed by atoms with Crippen LogP contribution < -0.4 is 5.56 Å². The van der Waals surface area contributed by atoms with Gasteiger partial charge in [-0.05, 0) is 25.7 Å². The van der Waals surface area contributed by atoms with E-state index in [0.717, 1.165) is 35.8 Å². The van der Waals surface area contributed by atoms with Gasteiger partial charge in [0, 0.05) is 17.4 Å². The number of aromatic nitrogens is 2.